The van der Waals surface area contributed by atoms with Crippen molar-refractivity contribution in [1.29, 1.82) is 5.26 Å². The lowest BCUT2D eigenvalue weighted by Gasteiger charge is -2.40. The van der Waals surface area contributed by atoms with Gasteiger partial charge in [0.1, 0.15) is 5.60 Å². The first-order valence-corrected chi connectivity index (χ1v) is 10.4. The van der Waals surface area contributed by atoms with Crippen molar-refractivity contribution in [2.24, 2.45) is 5.92 Å². The van der Waals surface area contributed by atoms with E-state index in [1.165, 1.54) is 7.11 Å². The number of hydrogen-bond donors (Lipinski definition) is 2. The average molecular weight is 416 g/mol. The normalized spacial score (nSPS) is 23.9. The van der Waals surface area contributed by atoms with Gasteiger partial charge in [0.15, 0.2) is 0 Å². The molecule has 1 aliphatic rings. The minimum Gasteiger partial charge on any atom is -0.469 e. The molecule has 0 bridgehead atoms. The van der Waals surface area contributed by atoms with Crippen molar-refractivity contribution in [1.82, 2.24) is 10.6 Å². The number of carbonyl (C=O) groups excluding carboxylic acids is 2. The molecule has 3 unspecified atom stereocenters. The van der Waals surface area contributed by atoms with Gasteiger partial charge >= 0.3 is 12.1 Å². The van der Waals surface area contributed by atoms with Crippen LogP contribution in [0.15, 0.2) is 24.3 Å². The van der Waals surface area contributed by atoms with E-state index in [4.69, 9.17) is 9.47 Å². The van der Waals surface area contributed by atoms with Crippen LogP contribution < -0.4 is 10.6 Å². The number of nitriles is 1. The van der Waals surface area contributed by atoms with Gasteiger partial charge in [0.05, 0.1) is 24.5 Å². The molecule has 1 fully saturated rings. The molecule has 164 valence electrons. The molecule has 1 aromatic rings. The van der Waals surface area contributed by atoms with Crippen LogP contribution in [0, 0.1) is 24.2 Å². The molecule has 30 heavy (non-hydrogen) atoms. The van der Waals surface area contributed by atoms with Gasteiger partial charge in [-0.15, -0.1) is 0 Å². The number of carbonyl (C=O) groups is 2. The van der Waals surface area contributed by atoms with Gasteiger partial charge in [0.25, 0.3) is 0 Å². The molecule has 3 atom stereocenters. The molecule has 0 radical (unpaired) electrons. The summed E-state index contributed by atoms with van der Waals surface area (Å²) in [5.74, 6) is -0.759. The summed E-state index contributed by atoms with van der Waals surface area (Å²) in [6.45, 7) is 8.28. The Kier molecular flexibility index (Phi) is 7.85. The summed E-state index contributed by atoms with van der Waals surface area (Å²) in [4.78, 5) is 24.3. The quantitative estimate of drug-likeness (QED) is 0.547. The second-order valence-corrected chi connectivity index (χ2v) is 8.87. The van der Waals surface area contributed by atoms with E-state index in [-0.39, 0.29) is 12.0 Å². The molecule has 7 nitrogen and oxygen atoms in total. The van der Waals surface area contributed by atoms with Crippen LogP contribution in [-0.4, -0.2) is 43.9 Å². The van der Waals surface area contributed by atoms with Gasteiger partial charge in [-0.1, -0.05) is 24.3 Å². The summed E-state index contributed by atoms with van der Waals surface area (Å²) in [6, 6.07) is 10.2. The highest BCUT2D eigenvalue weighted by molar-refractivity contribution is 5.74. The number of nitrogens with one attached hydrogen (secondary N) is 2. The lowest BCUT2D eigenvalue weighted by Crippen LogP contribution is -2.50. The van der Waals surface area contributed by atoms with Crippen molar-refractivity contribution in [2.75, 3.05) is 20.2 Å². The molecule has 0 heterocycles. The molecule has 1 aromatic carbocycles. The number of benzene rings is 1. The predicted molar refractivity (Wildman–Crippen MR) is 114 cm³/mol. The third kappa shape index (κ3) is 5.96. The van der Waals surface area contributed by atoms with Crippen LogP contribution in [0.25, 0.3) is 0 Å². The lowest BCUT2D eigenvalue weighted by molar-refractivity contribution is -0.148. The molecule has 2 rings (SSSR count). The molecule has 1 amide bonds. The zero-order chi connectivity index (χ0) is 22.4. The number of rotatable bonds is 6. The largest absolute Gasteiger partial charge is 0.469 e. The summed E-state index contributed by atoms with van der Waals surface area (Å²) in [5, 5.41) is 16.1. The van der Waals surface area contributed by atoms with Crippen molar-refractivity contribution in [3.8, 4) is 6.07 Å². The van der Waals surface area contributed by atoms with E-state index in [9.17, 15) is 14.9 Å². The molecular formula is C23H33N3O4. The van der Waals surface area contributed by atoms with Gasteiger partial charge in [0, 0.05) is 19.1 Å². The van der Waals surface area contributed by atoms with E-state index in [2.05, 4.69) is 16.7 Å². The smallest absolute Gasteiger partial charge is 0.407 e. The van der Waals surface area contributed by atoms with Crippen LogP contribution in [0.1, 0.15) is 51.2 Å². The molecule has 1 aliphatic carbocycles. The number of nitrogens with zero attached hydrogens (tertiary/aromatic N) is 1. The molecule has 0 aromatic heterocycles. The lowest BCUT2D eigenvalue weighted by atomic mass is 9.64. The summed E-state index contributed by atoms with van der Waals surface area (Å²) in [7, 11) is 1.37. The molecule has 0 aliphatic heterocycles. The SMILES string of the molecule is COC(=O)C1CC(C#N)(c2ccccc2C)CCC1NCCNC(=O)OC(C)(C)C. The van der Waals surface area contributed by atoms with E-state index in [1.807, 2.05) is 52.0 Å². The minimum absolute atomic E-state index is 0.122. The van der Waals surface area contributed by atoms with Crippen molar-refractivity contribution in [2.45, 2.75) is 64.0 Å². The number of ether oxygens (including phenoxy) is 2. The van der Waals surface area contributed by atoms with Crippen LogP contribution in [0.5, 0.6) is 0 Å². The van der Waals surface area contributed by atoms with E-state index in [0.717, 1.165) is 11.1 Å². The van der Waals surface area contributed by atoms with E-state index < -0.39 is 23.0 Å². The van der Waals surface area contributed by atoms with Gasteiger partial charge in [0.2, 0.25) is 0 Å². The first kappa shape index (κ1) is 23.7. The third-order valence-corrected chi connectivity index (χ3v) is 5.51. The number of hydrogen-bond acceptors (Lipinski definition) is 6. The number of aryl methyl sites for hydroxylation is 1. The van der Waals surface area contributed by atoms with Crippen LogP contribution in [0.3, 0.4) is 0 Å². The second kappa shape index (κ2) is 9.94. The Bertz CT molecular complexity index is 796. The first-order chi connectivity index (χ1) is 14.1. The Labute approximate surface area is 179 Å². The van der Waals surface area contributed by atoms with Crippen LogP contribution >= 0.6 is 0 Å². The molecular weight excluding hydrogens is 382 g/mol. The topological polar surface area (TPSA) is 100 Å². The zero-order valence-corrected chi connectivity index (χ0v) is 18.6. The van der Waals surface area contributed by atoms with E-state index in [1.54, 1.807) is 0 Å². The monoisotopic (exact) mass is 415 g/mol. The predicted octanol–water partition coefficient (Wildman–Crippen LogP) is 3.21. The average Bonchev–Trinajstić information content (AvgIpc) is 2.70. The highest BCUT2D eigenvalue weighted by atomic mass is 16.6. The van der Waals surface area contributed by atoms with E-state index in [0.29, 0.717) is 32.4 Å². The Hall–Kier alpha value is -2.59. The van der Waals surface area contributed by atoms with Gasteiger partial charge < -0.3 is 20.1 Å². The minimum atomic E-state index is -0.711. The van der Waals surface area contributed by atoms with Crippen LogP contribution in [-0.2, 0) is 19.7 Å². The summed E-state index contributed by atoms with van der Waals surface area (Å²) in [6.07, 6.45) is 1.24. The summed E-state index contributed by atoms with van der Waals surface area (Å²) < 4.78 is 10.3. The Morgan fingerprint density at radius 3 is 2.57 bits per heavy atom. The second-order valence-electron chi connectivity index (χ2n) is 8.87. The van der Waals surface area contributed by atoms with Crippen LogP contribution in [0.2, 0.25) is 0 Å². The number of esters is 1. The highest BCUT2D eigenvalue weighted by Gasteiger charge is 2.46. The Morgan fingerprint density at radius 1 is 1.27 bits per heavy atom. The number of methoxy groups -OCH3 is 1. The molecule has 2 N–H and O–H groups in total. The summed E-state index contributed by atoms with van der Waals surface area (Å²) >= 11 is 0. The standard InChI is InChI=1S/C23H33N3O4/c1-16-8-6-7-9-18(16)23(15-24)11-10-19(17(14-23)20(27)29-5)25-12-13-26-21(28)30-22(2,3)4/h6-9,17,19,25H,10-14H2,1-5H3,(H,26,28). The van der Waals surface area contributed by atoms with Gasteiger partial charge in [-0.25, -0.2) is 4.79 Å². The van der Waals surface area contributed by atoms with E-state index >= 15 is 0 Å². The maximum atomic E-state index is 12.5. The molecule has 7 heteroatoms. The fraction of sp³-hybridized carbons (Fsp3) is 0.609. The number of amides is 1. The van der Waals surface area contributed by atoms with Crippen LogP contribution in [0.4, 0.5) is 4.79 Å². The molecule has 0 spiro atoms. The zero-order valence-electron chi connectivity index (χ0n) is 18.6. The fourth-order valence-corrected chi connectivity index (χ4v) is 4.12. The highest BCUT2D eigenvalue weighted by Crippen LogP contribution is 2.43. The van der Waals surface area contributed by atoms with Gasteiger partial charge in [-0.2, -0.15) is 5.26 Å². The first-order valence-electron chi connectivity index (χ1n) is 10.4. The van der Waals surface area contributed by atoms with Crippen molar-refractivity contribution in [3.05, 3.63) is 35.4 Å². The Morgan fingerprint density at radius 2 is 1.97 bits per heavy atom. The van der Waals surface area contributed by atoms with Gasteiger partial charge in [-0.3, -0.25) is 4.79 Å². The van der Waals surface area contributed by atoms with Gasteiger partial charge in [-0.05, 0) is 58.1 Å². The maximum Gasteiger partial charge on any atom is 0.407 e. The number of alkyl carbamates (subject to hydrolysis) is 1. The third-order valence-electron chi connectivity index (χ3n) is 5.51. The van der Waals surface area contributed by atoms with Crippen molar-refractivity contribution < 1.29 is 19.1 Å². The maximum absolute atomic E-state index is 12.5. The Balaban J connectivity index is 2.03. The van der Waals surface area contributed by atoms with Crippen molar-refractivity contribution in [3.63, 3.8) is 0 Å². The molecule has 1 saturated carbocycles. The van der Waals surface area contributed by atoms with Crippen molar-refractivity contribution >= 4 is 12.1 Å². The summed E-state index contributed by atoms with van der Waals surface area (Å²) in [5.41, 5.74) is 0.770. The molecule has 0 saturated heterocycles. The fourth-order valence-electron chi connectivity index (χ4n) is 4.12.